The maximum Gasteiger partial charge on any atom is 0.326 e. The molecule has 7 nitrogen and oxygen atoms in total. The van der Waals surface area contributed by atoms with E-state index in [4.69, 9.17) is 10.8 Å². The van der Waals surface area contributed by atoms with E-state index < -0.39 is 23.9 Å². The third-order valence-electron chi connectivity index (χ3n) is 2.60. The molecule has 0 fully saturated rings. The number of nitrogens with one attached hydrogen (secondary N) is 2. The van der Waals surface area contributed by atoms with Crippen molar-refractivity contribution in [2.75, 3.05) is 0 Å². The number of carboxylic acid groups (broad SMARTS) is 1. The summed E-state index contributed by atoms with van der Waals surface area (Å²) >= 11 is 0. The lowest BCUT2D eigenvalue weighted by atomic mass is 10.1. The summed E-state index contributed by atoms with van der Waals surface area (Å²) in [6, 6.07) is -1.64. The van der Waals surface area contributed by atoms with Crippen molar-refractivity contribution in [1.29, 1.82) is 0 Å². The van der Waals surface area contributed by atoms with Gasteiger partial charge in [-0.25, -0.2) is 9.59 Å². The molecule has 0 aliphatic carbocycles. The number of rotatable bonds is 8. The van der Waals surface area contributed by atoms with Crippen LogP contribution in [0.15, 0.2) is 0 Å². The predicted octanol–water partition coefficient (Wildman–Crippen LogP) is 0.193. The second kappa shape index (κ2) is 8.32. The average Bonchev–Trinajstić information content (AvgIpc) is 2.30. The topological polar surface area (TPSA) is 122 Å². The van der Waals surface area contributed by atoms with Crippen LogP contribution in [-0.2, 0) is 9.59 Å². The number of urea groups is 1. The van der Waals surface area contributed by atoms with Crippen LogP contribution in [0.1, 0.15) is 39.5 Å². The smallest absolute Gasteiger partial charge is 0.326 e. The van der Waals surface area contributed by atoms with Gasteiger partial charge in [0.2, 0.25) is 5.91 Å². The molecule has 0 aliphatic heterocycles. The lowest BCUT2D eigenvalue weighted by Crippen LogP contribution is -2.49. The molecule has 0 aromatic rings. The van der Waals surface area contributed by atoms with Gasteiger partial charge in [-0.05, 0) is 19.3 Å². The van der Waals surface area contributed by atoms with Gasteiger partial charge in [0.25, 0.3) is 0 Å². The predicted molar refractivity (Wildman–Crippen MR) is 65.9 cm³/mol. The highest BCUT2D eigenvalue weighted by Crippen LogP contribution is 1.99. The minimum atomic E-state index is -1.18. The largest absolute Gasteiger partial charge is 0.480 e. The van der Waals surface area contributed by atoms with E-state index in [2.05, 4.69) is 10.6 Å². The van der Waals surface area contributed by atoms with Crippen molar-refractivity contribution >= 4 is 17.9 Å². The fourth-order valence-corrected chi connectivity index (χ4v) is 1.42. The highest BCUT2D eigenvalue weighted by atomic mass is 16.4. The molecule has 5 N–H and O–H groups in total. The number of carbonyl (C=O) groups is 3. The molecule has 0 spiro atoms. The molecule has 0 bridgehead atoms. The van der Waals surface area contributed by atoms with Gasteiger partial charge < -0.3 is 21.5 Å². The van der Waals surface area contributed by atoms with Gasteiger partial charge in [0.15, 0.2) is 0 Å². The second-order valence-corrected chi connectivity index (χ2v) is 4.03. The third kappa shape index (κ3) is 6.72. The Hall–Kier alpha value is -1.79. The first kappa shape index (κ1) is 16.2. The Morgan fingerprint density at radius 1 is 1.17 bits per heavy atom. The lowest BCUT2D eigenvalue weighted by Gasteiger charge is -2.18. The molecular formula is C11H21N3O4. The minimum absolute atomic E-state index is 0.00980. The number of nitrogens with two attached hydrogens (primary N) is 1. The summed E-state index contributed by atoms with van der Waals surface area (Å²) in [7, 11) is 0. The molecule has 0 radical (unpaired) electrons. The lowest BCUT2D eigenvalue weighted by molar-refractivity contribution is -0.139. The molecule has 0 rings (SSSR count). The highest BCUT2D eigenvalue weighted by Gasteiger charge is 2.21. The van der Waals surface area contributed by atoms with E-state index in [9.17, 15) is 14.4 Å². The molecule has 7 heteroatoms. The average molecular weight is 259 g/mol. The Bertz CT molecular complexity index is 303. The normalized spacial score (nSPS) is 11.9. The van der Waals surface area contributed by atoms with Gasteiger partial charge in [0.1, 0.15) is 6.04 Å². The number of carboxylic acids is 1. The summed E-state index contributed by atoms with van der Waals surface area (Å²) in [5.41, 5.74) is 4.94. The number of carbonyl (C=O) groups excluding carboxylic acids is 2. The molecule has 3 amide bonds. The first-order chi connectivity index (χ1) is 8.40. The van der Waals surface area contributed by atoms with E-state index in [1.54, 1.807) is 0 Å². The van der Waals surface area contributed by atoms with E-state index in [0.29, 0.717) is 0 Å². The first-order valence-electron chi connectivity index (χ1n) is 5.98. The van der Waals surface area contributed by atoms with E-state index in [0.717, 1.165) is 12.8 Å². The quantitative estimate of drug-likeness (QED) is 0.497. The summed E-state index contributed by atoms with van der Waals surface area (Å²) in [5, 5.41) is 13.9. The molecule has 18 heavy (non-hydrogen) atoms. The highest BCUT2D eigenvalue weighted by molar-refractivity contribution is 5.83. The van der Waals surface area contributed by atoms with Gasteiger partial charge in [-0.1, -0.05) is 13.8 Å². The molecule has 1 atom stereocenters. The summed E-state index contributed by atoms with van der Waals surface area (Å²) in [5.74, 6) is -1.78. The first-order valence-corrected chi connectivity index (χ1v) is 5.98. The Balaban J connectivity index is 4.27. The zero-order valence-electron chi connectivity index (χ0n) is 10.7. The zero-order valence-corrected chi connectivity index (χ0v) is 10.7. The summed E-state index contributed by atoms with van der Waals surface area (Å²) in [4.78, 5) is 33.0. The molecule has 0 aliphatic rings. The maximum atomic E-state index is 11.5. The van der Waals surface area contributed by atoms with Crippen LogP contribution in [0.4, 0.5) is 4.79 Å². The van der Waals surface area contributed by atoms with Gasteiger partial charge in [-0.15, -0.1) is 0 Å². The molecule has 0 heterocycles. The standard InChI is InChI=1S/C11H21N3O4/c1-3-7(4-2)13-11(18)14-8(10(16)17)5-6-9(12)15/h7-8H,3-6H2,1-2H3,(H2,12,15)(H,16,17)(H2,13,14,18). The number of primary amides is 1. The fourth-order valence-electron chi connectivity index (χ4n) is 1.42. The molecule has 0 saturated heterocycles. The van der Waals surface area contributed by atoms with Crippen molar-refractivity contribution in [3.63, 3.8) is 0 Å². The van der Waals surface area contributed by atoms with Crippen molar-refractivity contribution in [3.05, 3.63) is 0 Å². The fraction of sp³-hybridized carbons (Fsp3) is 0.727. The van der Waals surface area contributed by atoms with E-state index >= 15 is 0 Å². The second-order valence-electron chi connectivity index (χ2n) is 4.03. The molecular weight excluding hydrogens is 238 g/mol. The van der Waals surface area contributed by atoms with Crippen LogP contribution >= 0.6 is 0 Å². The number of hydrogen-bond acceptors (Lipinski definition) is 3. The Morgan fingerprint density at radius 2 is 1.72 bits per heavy atom. The molecule has 0 aromatic heterocycles. The maximum absolute atomic E-state index is 11.5. The van der Waals surface area contributed by atoms with Crippen LogP contribution in [0.3, 0.4) is 0 Å². The SMILES string of the molecule is CCC(CC)NC(=O)NC(CCC(N)=O)C(=O)O. The van der Waals surface area contributed by atoms with Crippen molar-refractivity contribution in [2.45, 2.75) is 51.6 Å². The Labute approximate surface area is 106 Å². The molecule has 1 unspecified atom stereocenters. The summed E-state index contributed by atoms with van der Waals surface area (Å²) in [6.45, 7) is 3.85. The van der Waals surface area contributed by atoms with Crippen LogP contribution in [0.25, 0.3) is 0 Å². The number of hydrogen-bond donors (Lipinski definition) is 4. The third-order valence-corrected chi connectivity index (χ3v) is 2.60. The van der Waals surface area contributed by atoms with Gasteiger partial charge in [-0.2, -0.15) is 0 Å². The van der Waals surface area contributed by atoms with Crippen molar-refractivity contribution < 1.29 is 19.5 Å². The van der Waals surface area contributed by atoms with Crippen molar-refractivity contribution in [1.82, 2.24) is 10.6 Å². The van der Waals surface area contributed by atoms with Gasteiger partial charge in [0, 0.05) is 12.5 Å². The molecule has 0 aromatic carbocycles. The van der Waals surface area contributed by atoms with Crippen LogP contribution in [0, 0.1) is 0 Å². The van der Waals surface area contributed by atoms with E-state index in [1.807, 2.05) is 13.8 Å². The van der Waals surface area contributed by atoms with Crippen LogP contribution in [0.2, 0.25) is 0 Å². The van der Waals surface area contributed by atoms with Crippen LogP contribution < -0.4 is 16.4 Å². The monoisotopic (exact) mass is 259 g/mol. The molecule has 104 valence electrons. The minimum Gasteiger partial charge on any atom is -0.480 e. The van der Waals surface area contributed by atoms with Crippen LogP contribution in [0.5, 0.6) is 0 Å². The zero-order chi connectivity index (χ0) is 14.1. The van der Waals surface area contributed by atoms with Gasteiger partial charge >= 0.3 is 12.0 Å². The van der Waals surface area contributed by atoms with Crippen molar-refractivity contribution in [2.24, 2.45) is 5.73 Å². The Kier molecular flexibility index (Phi) is 7.50. The number of aliphatic carboxylic acids is 1. The van der Waals surface area contributed by atoms with Crippen LogP contribution in [-0.4, -0.2) is 35.1 Å². The van der Waals surface area contributed by atoms with E-state index in [-0.39, 0.29) is 18.9 Å². The Morgan fingerprint density at radius 3 is 2.11 bits per heavy atom. The summed E-state index contributed by atoms with van der Waals surface area (Å²) in [6.07, 6.45) is 1.44. The van der Waals surface area contributed by atoms with Crippen molar-refractivity contribution in [3.8, 4) is 0 Å². The van der Waals surface area contributed by atoms with Gasteiger partial charge in [-0.3, -0.25) is 4.79 Å². The van der Waals surface area contributed by atoms with Gasteiger partial charge in [0.05, 0.1) is 0 Å². The number of amides is 3. The van der Waals surface area contributed by atoms with E-state index in [1.165, 1.54) is 0 Å². The summed E-state index contributed by atoms with van der Waals surface area (Å²) < 4.78 is 0. The molecule has 0 saturated carbocycles.